The third kappa shape index (κ3) is 4.76. The van der Waals surface area contributed by atoms with Crippen molar-refractivity contribution in [3.8, 4) is 0 Å². The molecule has 1 N–H and O–H groups in total. The van der Waals surface area contributed by atoms with Gasteiger partial charge in [0.25, 0.3) is 0 Å². The van der Waals surface area contributed by atoms with Crippen LogP contribution in [0.4, 0.5) is 0 Å². The van der Waals surface area contributed by atoms with Gasteiger partial charge in [-0.2, -0.15) is 0 Å². The lowest BCUT2D eigenvalue weighted by Crippen LogP contribution is -2.29. The molecule has 1 unspecified atom stereocenters. The molecule has 1 aromatic heterocycles. The van der Waals surface area contributed by atoms with E-state index in [4.69, 9.17) is 0 Å². The lowest BCUT2D eigenvalue weighted by Gasteiger charge is -2.15. The van der Waals surface area contributed by atoms with Gasteiger partial charge in [0, 0.05) is 11.4 Å². The van der Waals surface area contributed by atoms with Crippen LogP contribution in [-0.2, 0) is 6.42 Å². The lowest BCUT2D eigenvalue weighted by molar-refractivity contribution is 0.467. The van der Waals surface area contributed by atoms with Gasteiger partial charge in [0.15, 0.2) is 0 Å². The number of hydrogen-bond acceptors (Lipinski definition) is 3. The Bertz CT molecular complexity index is 270. The quantitative estimate of drug-likeness (QED) is 0.772. The second kappa shape index (κ2) is 6.96. The van der Waals surface area contributed by atoms with E-state index in [-0.39, 0.29) is 0 Å². The standard InChI is InChI=1S/C12H22N2S/c1-4-8-13-11(5-2)6-7-12-9-15-10(3)14-12/h9,11,13H,4-8H2,1-3H3. The van der Waals surface area contributed by atoms with Gasteiger partial charge in [-0.15, -0.1) is 11.3 Å². The first-order chi connectivity index (χ1) is 7.26. The normalized spacial score (nSPS) is 13.0. The van der Waals surface area contributed by atoms with Crippen molar-refractivity contribution in [3.63, 3.8) is 0 Å². The minimum atomic E-state index is 0.659. The SMILES string of the molecule is CCCNC(CC)CCc1csc(C)n1. The monoisotopic (exact) mass is 226 g/mol. The molecule has 0 aliphatic heterocycles. The molecule has 0 amide bonds. The third-order valence-electron chi connectivity index (χ3n) is 2.59. The summed E-state index contributed by atoms with van der Waals surface area (Å²) in [5, 5.41) is 6.93. The van der Waals surface area contributed by atoms with Crippen LogP contribution in [0, 0.1) is 6.92 Å². The average Bonchev–Trinajstić information content (AvgIpc) is 2.65. The predicted molar refractivity (Wildman–Crippen MR) is 67.5 cm³/mol. The molecule has 0 bridgehead atoms. The van der Waals surface area contributed by atoms with Gasteiger partial charge in [-0.3, -0.25) is 0 Å². The molecule has 15 heavy (non-hydrogen) atoms. The van der Waals surface area contributed by atoms with Gasteiger partial charge < -0.3 is 5.32 Å². The maximum absolute atomic E-state index is 4.49. The molecule has 0 aliphatic carbocycles. The summed E-state index contributed by atoms with van der Waals surface area (Å²) in [5.74, 6) is 0. The zero-order chi connectivity index (χ0) is 11.1. The maximum atomic E-state index is 4.49. The van der Waals surface area contributed by atoms with E-state index in [1.54, 1.807) is 11.3 Å². The van der Waals surface area contributed by atoms with E-state index in [9.17, 15) is 0 Å². The molecule has 2 nitrogen and oxygen atoms in total. The Hall–Kier alpha value is -0.410. The van der Waals surface area contributed by atoms with Gasteiger partial charge in [0.2, 0.25) is 0 Å². The van der Waals surface area contributed by atoms with Crippen molar-refractivity contribution in [2.45, 2.75) is 52.5 Å². The van der Waals surface area contributed by atoms with Crippen LogP contribution in [0.25, 0.3) is 0 Å². The van der Waals surface area contributed by atoms with E-state index >= 15 is 0 Å². The molecule has 1 aromatic rings. The van der Waals surface area contributed by atoms with Crippen molar-refractivity contribution >= 4 is 11.3 Å². The topological polar surface area (TPSA) is 24.9 Å². The van der Waals surface area contributed by atoms with E-state index < -0.39 is 0 Å². The highest BCUT2D eigenvalue weighted by Gasteiger charge is 2.06. The zero-order valence-corrected chi connectivity index (χ0v) is 10.9. The summed E-state index contributed by atoms with van der Waals surface area (Å²) in [6.07, 6.45) is 4.74. The van der Waals surface area contributed by atoms with Gasteiger partial charge in [0.05, 0.1) is 10.7 Å². The van der Waals surface area contributed by atoms with Crippen LogP contribution in [0.1, 0.15) is 43.8 Å². The van der Waals surface area contributed by atoms with Crippen molar-refractivity contribution in [3.05, 3.63) is 16.1 Å². The first-order valence-electron chi connectivity index (χ1n) is 5.90. The van der Waals surface area contributed by atoms with E-state index in [1.807, 2.05) is 0 Å². The molecule has 86 valence electrons. The van der Waals surface area contributed by atoms with Crippen LogP contribution < -0.4 is 5.32 Å². The minimum absolute atomic E-state index is 0.659. The minimum Gasteiger partial charge on any atom is -0.314 e. The van der Waals surface area contributed by atoms with Gasteiger partial charge in [0.1, 0.15) is 0 Å². The van der Waals surface area contributed by atoms with Gasteiger partial charge >= 0.3 is 0 Å². The molecule has 0 radical (unpaired) electrons. The predicted octanol–water partition coefficient (Wildman–Crippen LogP) is 3.16. The Morgan fingerprint density at radius 2 is 2.27 bits per heavy atom. The molecular formula is C12H22N2S. The molecule has 0 saturated heterocycles. The van der Waals surface area contributed by atoms with Crippen molar-refractivity contribution < 1.29 is 0 Å². The highest BCUT2D eigenvalue weighted by atomic mass is 32.1. The number of rotatable bonds is 7. The number of aromatic nitrogens is 1. The molecular weight excluding hydrogens is 204 g/mol. The number of thiazole rings is 1. The number of nitrogens with zero attached hydrogens (tertiary/aromatic N) is 1. The lowest BCUT2D eigenvalue weighted by atomic mass is 10.1. The van der Waals surface area contributed by atoms with Crippen LogP contribution >= 0.6 is 11.3 Å². The van der Waals surface area contributed by atoms with Crippen LogP contribution in [-0.4, -0.2) is 17.6 Å². The first-order valence-corrected chi connectivity index (χ1v) is 6.78. The first kappa shape index (κ1) is 12.7. The molecule has 0 aromatic carbocycles. The van der Waals surface area contributed by atoms with Gasteiger partial charge in [-0.25, -0.2) is 4.98 Å². The Morgan fingerprint density at radius 3 is 2.80 bits per heavy atom. The summed E-state index contributed by atoms with van der Waals surface area (Å²) in [6.45, 7) is 7.67. The molecule has 0 saturated carbocycles. The van der Waals surface area contributed by atoms with Crippen molar-refractivity contribution in [2.24, 2.45) is 0 Å². The molecule has 0 fully saturated rings. The largest absolute Gasteiger partial charge is 0.314 e. The molecule has 1 heterocycles. The number of nitrogens with one attached hydrogen (secondary N) is 1. The highest BCUT2D eigenvalue weighted by molar-refractivity contribution is 7.09. The summed E-state index contributed by atoms with van der Waals surface area (Å²) < 4.78 is 0. The second-order valence-electron chi connectivity index (χ2n) is 3.96. The summed E-state index contributed by atoms with van der Waals surface area (Å²) in [5.41, 5.74) is 1.26. The molecule has 0 aliphatic rings. The van der Waals surface area contributed by atoms with Crippen LogP contribution in [0.15, 0.2) is 5.38 Å². The van der Waals surface area contributed by atoms with E-state index in [0.717, 1.165) is 13.0 Å². The average molecular weight is 226 g/mol. The molecule has 1 rings (SSSR count). The fourth-order valence-electron chi connectivity index (χ4n) is 1.64. The van der Waals surface area contributed by atoms with Crippen LogP contribution in [0.2, 0.25) is 0 Å². The van der Waals surface area contributed by atoms with Crippen LogP contribution in [0.3, 0.4) is 0 Å². The fourth-order valence-corrected chi connectivity index (χ4v) is 2.29. The summed E-state index contributed by atoms with van der Waals surface area (Å²) in [7, 11) is 0. The van der Waals surface area contributed by atoms with E-state index in [0.29, 0.717) is 6.04 Å². The molecule has 0 spiro atoms. The number of aryl methyl sites for hydroxylation is 2. The highest BCUT2D eigenvalue weighted by Crippen LogP contribution is 2.11. The van der Waals surface area contributed by atoms with E-state index in [1.165, 1.54) is 30.0 Å². The Kier molecular flexibility index (Phi) is 5.88. The molecule has 1 atom stereocenters. The summed E-state index contributed by atoms with van der Waals surface area (Å²) in [6, 6.07) is 0.659. The smallest absolute Gasteiger partial charge is 0.0897 e. The molecule has 3 heteroatoms. The Labute approximate surface area is 97.1 Å². The Morgan fingerprint density at radius 1 is 1.47 bits per heavy atom. The van der Waals surface area contributed by atoms with Crippen molar-refractivity contribution in [1.29, 1.82) is 0 Å². The van der Waals surface area contributed by atoms with Crippen molar-refractivity contribution in [2.75, 3.05) is 6.54 Å². The Balaban J connectivity index is 2.27. The van der Waals surface area contributed by atoms with E-state index in [2.05, 4.69) is 36.5 Å². The van der Waals surface area contributed by atoms with Gasteiger partial charge in [-0.1, -0.05) is 13.8 Å². The van der Waals surface area contributed by atoms with Crippen molar-refractivity contribution in [1.82, 2.24) is 10.3 Å². The second-order valence-corrected chi connectivity index (χ2v) is 5.02. The summed E-state index contributed by atoms with van der Waals surface area (Å²) in [4.78, 5) is 4.49. The summed E-state index contributed by atoms with van der Waals surface area (Å²) >= 11 is 1.75. The third-order valence-corrected chi connectivity index (χ3v) is 3.41. The maximum Gasteiger partial charge on any atom is 0.0897 e. The number of hydrogen-bond donors (Lipinski definition) is 1. The van der Waals surface area contributed by atoms with Crippen LogP contribution in [0.5, 0.6) is 0 Å². The fraction of sp³-hybridized carbons (Fsp3) is 0.750. The van der Waals surface area contributed by atoms with Gasteiger partial charge in [-0.05, 0) is 39.2 Å². The zero-order valence-electron chi connectivity index (χ0n) is 10.0.